The van der Waals surface area contributed by atoms with Crippen LogP contribution in [-0.2, 0) is 0 Å². The number of para-hydroxylation sites is 2. The normalized spacial score (nSPS) is 10.7. The van der Waals surface area contributed by atoms with E-state index in [1.54, 1.807) is 24.3 Å². The number of hydrogen-bond acceptors (Lipinski definition) is 3. The maximum atomic E-state index is 13.5. The van der Waals surface area contributed by atoms with Crippen LogP contribution in [-0.4, -0.2) is 16.0 Å². The van der Waals surface area contributed by atoms with Gasteiger partial charge in [-0.25, -0.2) is 0 Å². The Morgan fingerprint density at radius 1 is 0.533 bits per heavy atom. The number of carbonyl (C=O) groups excluding carboxylic acids is 1. The van der Waals surface area contributed by atoms with Crippen molar-refractivity contribution in [3.8, 4) is 33.8 Å². The van der Waals surface area contributed by atoms with Crippen molar-refractivity contribution in [1.82, 2.24) is 0 Å². The van der Waals surface area contributed by atoms with Crippen molar-refractivity contribution >= 4 is 5.78 Å². The van der Waals surface area contributed by atoms with E-state index in [0.717, 1.165) is 22.3 Å². The van der Waals surface area contributed by atoms with E-state index in [4.69, 9.17) is 0 Å². The molecule has 2 N–H and O–H groups in total. The van der Waals surface area contributed by atoms with E-state index in [0.29, 0.717) is 22.3 Å². The average Bonchev–Trinajstić information content (AvgIpc) is 2.75. The molecule has 0 saturated carbocycles. The zero-order valence-corrected chi connectivity index (χ0v) is 16.9. The van der Waals surface area contributed by atoms with Crippen LogP contribution in [0, 0.1) is 13.8 Å². The highest BCUT2D eigenvalue weighted by molar-refractivity contribution is 6.12. The summed E-state index contributed by atoms with van der Waals surface area (Å²) in [6.07, 6.45) is 0. The molecule has 3 heteroatoms. The van der Waals surface area contributed by atoms with Gasteiger partial charge < -0.3 is 10.2 Å². The van der Waals surface area contributed by atoms with Crippen LogP contribution in [0.5, 0.6) is 11.5 Å². The molecule has 0 aliphatic rings. The van der Waals surface area contributed by atoms with Crippen molar-refractivity contribution in [3.05, 3.63) is 107 Å². The number of ketones is 1. The fourth-order valence-electron chi connectivity index (χ4n) is 3.89. The lowest BCUT2D eigenvalue weighted by Crippen LogP contribution is -2.07. The molecule has 0 unspecified atom stereocenters. The minimum atomic E-state index is -0.0838. The van der Waals surface area contributed by atoms with Gasteiger partial charge in [-0.2, -0.15) is 0 Å². The SMILES string of the molecule is Cc1c(C(=O)c2cccc(-c3ccccc3O)c2C)cccc1-c1ccccc1O. The van der Waals surface area contributed by atoms with Gasteiger partial charge in [-0.15, -0.1) is 0 Å². The summed E-state index contributed by atoms with van der Waals surface area (Å²) in [5.74, 6) is 0.283. The molecule has 0 bridgehead atoms. The van der Waals surface area contributed by atoms with Crippen LogP contribution >= 0.6 is 0 Å². The third-order valence-corrected chi connectivity index (χ3v) is 5.55. The Labute approximate surface area is 175 Å². The van der Waals surface area contributed by atoms with Crippen molar-refractivity contribution in [1.29, 1.82) is 0 Å². The Kier molecular flexibility index (Phi) is 5.11. The number of benzene rings is 4. The van der Waals surface area contributed by atoms with Gasteiger partial charge in [0.25, 0.3) is 0 Å². The Hall–Kier alpha value is -3.85. The van der Waals surface area contributed by atoms with Crippen LogP contribution < -0.4 is 0 Å². The van der Waals surface area contributed by atoms with E-state index in [9.17, 15) is 15.0 Å². The second-order valence-electron chi connectivity index (χ2n) is 7.32. The van der Waals surface area contributed by atoms with Crippen molar-refractivity contribution in [3.63, 3.8) is 0 Å². The molecule has 30 heavy (non-hydrogen) atoms. The van der Waals surface area contributed by atoms with Gasteiger partial charge in [0.05, 0.1) is 0 Å². The fraction of sp³-hybridized carbons (Fsp3) is 0.0741. The van der Waals surface area contributed by atoms with Gasteiger partial charge in [0, 0.05) is 22.3 Å². The first kappa shape index (κ1) is 19.5. The topological polar surface area (TPSA) is 57.5 Å². The molecule has 0 fully saturated rings. The molecule has 4 rings (SSSR count). The number of aromatic hydroxyl groups is 2. The molecule has 4 aromatic carbocycles. The summed E-state index contributed by atoms with van der Waals surface area (Å²) >= 11 is 0. The summed E-state index contributed by atoms with van der Waals surface area (Å²) in [6.45, 7) is 3.80. The zero-order valence-electron chi connectivity index (χ0n) is 16.9. The lowest BCUT2D eigenvalue weighted by Gasteiger charge is -2.15. The van der Waals surface area contributed by atoms with Crippen LogP contribution in [0.4, 0.5) is 0 Å². The third-order valence-electron chi connectivity index (χ3n) is 5.55. The highest BCUT2D eigenvalue weighted by atomic mass is 16.3. The monoisotopic (exact) mass is 394 g/mol. The van der Waals surface area contributed by atoms with Crippen LogP contribution in [0.2, 0.25) is 0 Å². The summed E-state index contributed by atoms with van der Waals surface area (Å²) in [4.78, 5) is 13.5. The lowest BCUT2D eigenvalue weighted by molar-refractivity contribution is 0.103. The minimum absolute atomic E-state index is 0.0838. The molecule has 0 aliphatic heterocycles. The Balaban J connectivity index is 1.82. The van der Waals surface area contributed by atoms with Gasteiger partial charge in [0.1, 0.15) is 11.5 Å². The highest BCUT2D eigenvalue weighted by Crippen LogP contribution is 2.35. The van der Waals surface area contributed by atoms with Gasteiger partial charge in [0.2, 0.25) is 0 Å². The first-order chi connectivity index (χ1) is 14.5. The summed E-state index contributed by atoms with van der Waals surface area (Å²) in [5.41, 5.74) is 5.87. The maximum Gasteiger partial charge on any atom is 0.193 e. The predicted octanol–water partition coefficient (Wildman–Crippen LogP) is 6.28. The van der Waals surface area contributed by atoms with E-state index in [-0.39, 0.29) is 17.3 Å². The molecule has 3 nitrogen and oxygen atoms in total. The fourth-order valence-corrected chi connectivity index (χ4v) is 3.89. The predicted molar refractivity (Wildman–Crippen MR) is 120 cm³/mol. The van der Waals surface area contributed by atoms with Crippen LogP contribution in [0.1, 0.15) is 27.0 Å². The zero-order chi connectivity index (χ0) is 21.3. The second kappa shape index (κ2) is 7.88. The Bertz CT molecular complexity index is 1160. The van der Waals surface area contributed by atoms with E-state index < -0.39 is 0 Å². The van der Waals surface area contributed by atoms with Crippen molar-refractivity contribution in [2.24, 2.45) is 0 Å². The first-order valence-electron chi connectivity index (χ1n) is 9.79. The van der Waals surface area contributed by atoms with Gasteiger partial charge in [-0.3, -0.25) is 4.79 Å². The highest BCUT2D eigenvalue weighted by Gasteiger charge is 2.19. The molecule has 0 amide bonds. The molecule has 0 aliphatic carbocycles. The summed E-state index contributed by atoms with van der Waals surface area (Å²) in [6, 6.07) is 25.4. The summed E-state index contributed by atoms with van der Waals surface area (Å²) in [5, 5.41) is 20.5. The molecule has 0 radical (unpaired) electrons. The minimum Gasteiger partial charge on any atom is -0.507 e. The van der Waals surface area contributed by atoms with Gasteiger partial charge in [-0.1, -0.05) is 72.8 Å². The second-order valence-corrected chi connectivity index (χ2v) is 7.32. The molecule has 0 heterocycles. The number of rotatable bonds is 4. The average molecular weight is 394 g/mol. The Morgan fingerprint density at radius 2 is 0.900 bits per heavy atom. The largest absolute Gasteiger partial charge is 0.507 e. The molecule has 148 valence electrons. The van der Waals surface area contributed by atoms with Crippen LogP contribution in [0.25, 0.3) is 22.3 Å². The summed E-state index contributed by atoms with van der Waals surface area (Å²) < 4.78 is 0. The maximum absolute atomic E-state index is 13.5. The standard InChI is InChI=1S/C27H22O3/c1-17-19(23-9-3-5-15-25(23)28)11-7-13-21(17)27(30)22-14-8-12-20(18(22)2)24-10-4-6-16-26(24)29/h3-16,28-29H,1-2H3. The van der Waals surface area contributed by atoms with Gasteiger partial charge in [0.15, 0.2) is 5.78 Å². The molecule has 0 atom stereocenters. The van der Waals surface area contributed by atoms with E-state index >= 15 is 0 Å². The first-order valence-corrected chi connectivity index (χ1v) is 9.79. The number of carbonyl (C=O) groups is 1. The van der Waals surface area contributed by atoms with E-state index in [1.807, 2.05) is 74.5 Å². The molecule has 0 aromatic heterocycles. The molecule has 0 spiro atoms. The van der Waals surface area contributed by atoms with E-state index in [2.05, 4.69) is 0 Å². The van der Waals surface area contributed by atoms with Gasteiger partial charge in [-0.05, 0) is 48.2 Å². The molecular weight excluding hydrogens is 372 g/mol. The number of phenolic OH excluding ortho intramolecular Hbond substituents is 2. The smallest absolute Gasteiger partial charge is 0.193 e. The Morgan fingerprint density at radius 3 is 1.30 bits per heavy atom. The molecular formula is C27H22O3. The van der Waals surface area contributed by atoms with Crippen molar-refractivity contribution in [2.75, 3.05) is 0 Å². The lowest BCUT2D eigenvalue weighted by atomic mass is 9.88. The van der Waals surface area contributed by atoms with Crippen LogP contribution in [0.3, 0.4) is 0 Å². The van der Waals surface area contributed by atoms with Crippen molar-refractivity contribution < 1.29 is 15.0 Å². The van der Waals surface area contributed by atoms with Crippen LogP contribution in [0.15, 0.2) is 84.9 Å². The molecule has 4 aromatic rings. The van der Waals surface area contributed by atoms with Crippen molar-refractivity contribution in [2.45, 2.75) is 13.8 Å². The summed E-state index contributed by atoms with van der Waals surface area (Å²) in [7, 11) is 0. The number of phenols is 2. The van der Waals surface area contributed by atoms with Gasteiger partial charge >= 0.3 is 0 Å². The molecule has 0 saturated heterocycles. The quantitative estimate of drug-likeness (QED) is 0.401. The number of hydrogen-bond donors (Lipinski definition) is 2. The third kappa shape index (κ3) is 3.35. The van der Waals surface area contributed by atoms with E-state index in [1.165, 1.54) is 0 Å².